The molecule has 0 atom stereocenters. The molecule has 1 aliphatic rings. The summed E-state index contributed by atoms with van der Waals surface area (Å²) in [6.45, 7) is 0.0445. The highest BCUT2D eigenvalue weighted by molar-refractivity contribution is 6.33. The number of carbonyl (C=O) groups excluding carboxylic acids is 3. The zero-order valence-electron chi connectivity index (χ0n) is 15.2. The van der Waals surface area contributed by atoms with Gasteiger partial charge in [0.15, 0.2) is 11.5 Å². The summed E-state index contributed by atoms with van der Waals surface area (Å²) in [6.07, 6.45) is 1.36. The van der Waals surface area contributed by atoms with Gasteiger partial charge in [-0.15, -0.1) is 0 Å². The number of hydrogen-bond acceptors (Lipinski definition) is 5. The maximum atomic E-state index is 12.8. The molecule has 8 heteroatoms. The van der Waals surface area contributed by atoms with Crippen LogP contribution in [0.25, 0.3) is 6.08 Å². The summed E-state index contributed by atoms with van der Waals surface area (Å²) in [4.78, 5) is 38.2. The van der Waals surface area contributed by atoms with Gasteiger partial charge in [0.1, 0.15) is 5.57 Å². The van der Waals surface area contributed by atoms with Crippen molar-refractivity contribution in [2.45, 2.75) is 6.54 Å². The van der Waals surface area contributed by atoms with Gasteiger partial charge >= 0.3 is 6.03 Å². The van der Waals surface area contributed by atoms with Crippen molar-refractivity contribution in [2.24, 2.45) is 0 Å². The van der Waals surface area contributed by atoms with Gasteiger partial charge in [0, 0.05) is 0 Å². The topological polar surface area (TPSA) is 84.9 Å². The van der Waals surface area contributed by atoms with Crippen LogP contribution in [0.1, 0.15) is 11.1 Å². The van der Waals surface area contributed by atoms with E-state index < -0.39 is 17.8 Å². The molecule has 0 spiro atoms. The van der Waals surface area contributed by atoms with Crippen LogP contribution in [-0.4, -0.2) is 37.0 Å². The van der Waals surface area contributed by atoms with E-state index in [-0.39, 0.29) is 17.1 Å². The molecule has 0 aliphatic carbocycles. The smallest absolute Gasteiger partial charge is 0.331 e. The maximum absolute atomic E-state index is 12.8. The average Bonchev–Trinajstić information content (AvgIpc) is 2.68. The van der Waals surface area contributed by atoms with E-state index in [0.717, 1.165) is 10.5 Å². The van der Waals surface area contributed by atoms with E-state index >= 15 is 0 Å². The number of hydrogen-bond donors (Lipinski definition) is 1. The second-order valence-electron chi connectivity index (χ2n) is 5.93. The molecule has 1 N–H and O–H groups in total. The Balaban J connectivity index is 1.96. The predicted octanol–water partition coefficient (Wildman–Crippen LogP) is 3.02. The first kappa shape index (κ1) is 19.4. The number of methoxy groups -OCH3 is 2. The highest BCUT2D eigenvalue weighted by Gasteiger charge is 2.35. The lowest BCUT2D eigenvalue weighted by atomic mass is 10.1. The van der Waals surface area contributed by atoms with Gasteiger partial charge < -0.3 is 9.47 Å². The highest BCUT2D eigenvalue weighted by atomic mass is 35.5. The lowest BCUT2D eigenvalue weighted by molar-refractivity contribution is -0.130. The molecule has 0 bridgehead atoms. The number of imide groups is 2. The number of nitrogens with zero attached hydrogens (tertiary/aromatic N) is 1. The summed E-state index contributed by atoms with van der Waals surface area (Å²) < 4.78 is 10.4. The van der Waals surface area contributed by atoms with Crippen LogP contribution in [0.3, 0.4) is 0 Å². The van der Waals surface area contributed by atoms with Gasteiger partial charge in [-0.25, -0.2) is 4.79 Å². The van der Waals surface area contributed by atoms with Crippen molar-refractivity contribution < 1.29 is 23.9 Å². The van der Waals surface area contributed by atoms with Crippen molar-refractivity contribution in [3.05, 3.63) is 64.2 Å². The fourth-order valence-corrected chi connectivity index (χ4v) is 3.09. The van der Waals surface area contributed by atoms with Crippen LogP contribution in [0.15, 0.2) is 48.0 Å². The number of benzene rings is 2. The number of halogens is 1. The van der Waals surface area contributed by atoms with Crippen LogP contribution in [0, 0.1) is 0 Å². The van der Waals surface area contributed by atoms with E-state index in [9.17, 15) is 14.4 Å². The van der Waals surface area contributed by atoms with E-state index in [1.807, 2.05) is 6.07 Å². The SMILES string of the molecule is COc1cc(/C=C2/C(=O)NC(=O)N(Cc3ccccc3)C2=O)cc(Cl)c1OC. The molecular formula is C20H17ClN2O5. The third kappa shape index (κ3) is 3.84. The van der Waals surface area contributed by atoms with Crippen molar-refractivity contribution in [3.63, 3.8) is 0 Å². The van der Waals surface area contributed by atoms with E-state index in [1.54, 1.807) is 30.3 Å². The second kappa shape index (κ2) is 8.14. The Morgan fingerprint density at radius 1 is 1.07 bits per heavy atom. The van der Waals surface area contributed by atoms with Gasteiger partial charge in [-0.2, -0.15) is 0 Å². The number of urea groups is 1. The highest BCUT2D eigenvalue weighted by Crippen LogP contribution is 2.36. The molecule has 0 aromatic heterocycles. The number of barbiturate groups is 1. The minimum Gasteiger partial charge on any atom is -0.493 e. The van der Waals surface area contributed by atoms with Crippen molar-refractivity contribution in [1.82, 2.24) is 10.2 Å². The molecule has 0 unspecified atom stereocenters. The fraction of sp³-hybridized carbons (Fsp3) is 0.150. The molecular weight excluding hydrogens is 384 g/mol. The molecule has 1 aliphatic heterocycles. The molecule has 0 radical (unpaired) electrons. The lowest BCUT2D eigenvalue weighted by Crippen LogP contribution is -2.53. The zero-order chi connectivity index (χ0) is 20.3. The van der Waals surface area contributed by atoms with Crippen LogP contribution in [-0.2, 0) is 16.1 Å². The van der Waals surface area contributed by atoms with Crippen molar-refractivity contribution in [1.29, 1.82) is 0 Å². The van der Waals surface area contributed by atoms with Crippen molar-refractivity contribution >= 4 is 35.5 Å². The quantitative estimate of drug-likeness (QED) is 0.616. The Bertz CT molecular complexity index is 972. The number of amides is 4. The molecule has 2 aromatic carbocycles. The molecule has 144 valence electrons. The van der Waals surface area contributed by atoms with E-state index in [4.69, 9.17) is 21.1 Å². The molecule has 4 amide bonds. The molecule has 2 aromatic rings. The van der Waals surface area contributed by atoms with E-state index in [2.05, 4.69) is 5.32 Å². The standard InChI is InChI=1S/C20H17ClN2O5/c1-27-16-10-13(9-15(21)17(16)28-2)8-14-18(24)22-20(26)23(19(14)25)11-12-6-4-3-5-7-12/h3-10H,11H2,1-2H3,(H,22,24,26)/b14-8-. The van der Waals surface area contributed by atoms with Crippen LogP contribution in [0.2, 0.25) is 5.02 Å². The molecule has 1 heterocycles. The summed E-state index contributed by atoms with van der Waals surface area (Å²) in [5.41, 5.74) is 1.03. The molecule has 0 saturated carbocycles. The lowest BCUT2D eigenvalue weighted by Gasteiger charge is -2.26. The number of carbonyl (C=O) groups is 3. The molecule has 1 fully saturated rings. The van der Waals surface area contributed by atoms with E-state index in [1.165, 1.54) is 26.4 Å². The van der Waals surface area contributed by atoms with Gasteiger partial charge in [0.2, 0.25) is 0 Å². The minimum absolute atomic E-state index is 0.0445. The molecule has 7 nitrogen and oxygen atoms in total. The minimum atomic E-state index is -0.773. The largest absolute Gasteiger partial charge is 0.493 e. The van der Waals surface area contributed by atoms with Crippen LogP contribution in [0.5, 0.6) is 11.5 Å². The summed E-state index contributed by atoms with van der Waals surface area (Å²) in [6, 6.07) is 11.4. The predicted molar refractivity (Wildman–Crippen MR) is 103 cm³/mol. The molecule has 3 rings (SSSR count). The van der Waals surface area contributed by atoms with Crippen LogP contribution in [0.4, 0.5) is 4.79 Å². The maximum Gasteiger partial charge on any atom is 0.331 e. The normalized spacial score (nSPS) is 15.6. The summed E-state index contributed by atoms with van der Waals surface area (Å²) in [5.74, 6) is -0.775. The third-order valence-corrected chi connectivity index (χ3v) is 4.42. The summed E-state index contributed by atoms with van der Waals surface area (Å²) >= 11 is 6.18. The van der Waals surface area contributed by atoms with Gasteiger partial charge in [0.05, 0.1) is 25.8 Å². The second-order valence-corrected chi connectivity index (χ2v) is 6.34. The number of rotatable bonds is 5. The Hall–Kier alpha value is -3.32. The zero-order valence-corrected chi connectivity index (χ0v) is 15.9. The Morgan fingerprint density at radius 2 is 1.79 bits per heavy atom. The number of ether oxygens (including phenoxy) is 2. The Kier molecular flexibility index (Phi) is 5.65. The third-order valence-electron chi connectivity index (χ3n) is 4.14. The first-order chi connectivity index (χ1) is 13.4. The van der Waals surface area contributed by atoms with Gasteiger partial charge in [-0.05, 0) is 29.3 Å². The van der Waals surface area contributed by atoms with Crippen molar-refractivity contribution in [3.8, 4) is 11.5 Å². The van der Waals surface area contributed by atoms with Crippen LogP contribution >= 0.6 is 11.6 Å². The molecule has 28 heavy (non-hydrogen) atoms. The fourth-order valence-electron chi connectivity index (χ4n) is 2.79. The summed E-state index contributed by atoms with van der Waals surface area (Å²) in [7, 11) is 2.90. The van der Waals surface area contributed by atoms with E-state index in [0.29, 0.717) is 17.1 Å². The van der Waals surface area contributed by atoms with Gasteiger partial charge in [-0.1, -0.05) is 41.9 Å². The Labute approximate surface area is 166 Å². The van der Waals surface area contributed by atoms with Gasteiger partial charge in [-0.3, -0.25) is 19.8 Å². The number of nitrogens with one attached hydrogen (secondary N) is 1. The monoisotopic (exact) mass is 400 g/mol. The first-order valence-corrected chi connectivity index (χ1v) is 8.66. The first-order valence-electron chi connectivity index (χ1n) is 8.29. The summed E-state index contributed by atoms with van der Waals surface area (Å²) in [5, 5.41) is 2.45. The van der Waals surface area contributed by atoms with Gasteiger partial charge in [0.25, 0.3) is 11.8 Å². The average molecular weight is 401 g/mol. The van der Waals surface area contributed by atoms with Crippen LogP contribution < -0.4 is 14.8 Å². The molecule has 1 saturated heterocycles. The Morgan fingerprint density at radius 3 is 2.43 bits per heavy atom. The van der Waals surface area contributed by atoms with Crippen molar-refractivity contribution in [2.75, 3.05) is 14.2 Å².